The van der Waals surface area contributed by atoms with Crippen LogP contribution in [-0.2, 0) is 10.0 Å². The van der Waals surface area contributed by atoms with Gasteiger partial charge in [-0.25, -0.2) is 8.42 Å². The Bertz CT molecular complexity index is 544. The molecular formula is C12H20N4O3S. The molecule has 8 heteroatoms. The second-order valence-corrected chi connectivity index (χ2v) is 7.17. The lowest BCUT2D eigenvalue weighted by atomic mass is 10.3. The van der Waals surface area contributed by atoms with Gasteiger partial charge in [0.1, 0.15) is 6.10 Å². The second kappa shape index (κ2) is 5.92. The molecule has 0 radical (unpaired) electrons. The monoisotopic (exact) mass is 300 g/mol. The Morgan fingerprint density at radius 2 is 2.15 bits per heavy atom. The number of nitrogens with zero attached hydrogens (tertiary/aromatic N) is 4. The van der Waals surface area contributed by atoms with Gasteiger partial charge < -0.3 is 9.64 Å². The predicted octanol–water partition coefficient (Wildman–Crippen LogP) is 0.345. The summed E-state index contributed by atoms with van der Waals surface area (Å²) in [5, 5.41) is 8.01. The molecule has 1 unspecified atom stereocenters. The van der Waals surface area contributed by atoms with Gasteiger partial charge in [0.15, 0.2) is 5.82 Å². The molecule has 0 aromatic carbocycles. The first-order valence-corrected chi connectivity index (χ1v) is 8.19. The molecule has 1 aliphatic rings. The lowest BCUT2D eigenvalue weighted by molar-refractivity contribution is 0.205. The van der Waals surface area contributed by atoms with E-state index in [4.69, 9.17) is 4.74 Å². The largest absolute Gasteiger partial charge is 0.472 e. The van der Waals surface area contributed by atoms with Crippen molar-refractivity contribution in [3.8, 4) is 5.88 Å². The summed E-state index contributed by atoms with van der Waals surface area (Å²) >= 11 is 0. The quantitative estimate of drug-likeness (QED) is 0.781. The Morgan fingerprint density at radius 3 is 2.70 bits per heavy atom. The predicted molar refractivity (Wildman–Crippen MR) is 76.4 cm³/mol. The summed E-state index contributed by atoms with van der Waals surface area (Å²) in [5.74, 6) is 1.30. The molecular weight excluding hydrogens is 280 g/mol. The van der Waals surface area contributed by atoms with Gasteiger partial charge in [-0.1, -0.05) is 0 Å². The van der Waals surface area contributed by atoms with Gasteiger partial charge in [0.2, 0.25) is 15.9 Å². The van der Waals surface area contributed by atoms with Crippen molar-refractivity contribution in [1.82, 2.24) is 14.5 Å². The number of ether oxygens (including phenoxy) is 1. The molecule has 1 atom stereocenters. The highest BCUT2D eigenvalue weighted by Crippen LogP contribution is 2.19. The van der Waals surface area contributed by atoms with Crippen molar-refractivity contribution >= 4 is 15.8 Å². The molecule has 0 saturated carbocycles. The van der Waals surface area contributed by atoms with Crippen molar-refractivity contribution in [2.45, 2.75) is 19.4 Å². The van der Waals surface area contributed by atoms with E-state index in [2.05, 4.69) is 10.2 Å². The van der Waals surface area contributed by atoms with Gasteiger partial charge in [-0.3, -0.25) is 0 Å². The van der Waals surface area contributed by atoms with Gasteiger partial charge in [0.25, 0.3) is 0 Å². The average molecular weight is 300 g/mol. The van der Waals surface area contributed by atoms with Crippen LogP contribution in [-0.4, -0.2) is 62.0 Å². The number of sulfonamides is 1. The van der Waals surface area contributed by atoms with E-state index >= 15 is 0 Å². The standard InChI is InChI=1S/C12H20N4O3S/c1-4-20(17,18)16-8-7-10(9-16)19-12-6-5-11(13-14-12)15(2)3/h5-6,10H,4,7-9H2,1-3H3. The van der Waals surface area contributed by atoms with Crippen molar-refractivity contribution in [2.24, 2.45) is 0 Å². The Labute approximate surface area is 119 Å². The van der Waals surface area contributed by atoms with Crippen molar-refractivity contribution in [3.05, 3.63) is 12.1 Å². The first kappa shape index (κ1) is 15.0. The van der Waals surface area contributed by atoms with Gasteiger partial charge >= 0.3 is 0 Å². The summed E-state index contributed by atoms with van der Waals surface area (Å²) in [6.45, 7) is 2.53. The maximum absolute atomic E-state index is 11.8. The number of anilines is 1. The normalized spacial score (nSPS) is 20.1. The highest BCUT2D eigenvalue weighted by Gasteiger charge is 2.31. The molecule has 0 N–H and O–H groups in total. The van der Waals surface area contributed by atoms with E-state index in [0.717, 1.165) is 5.82 Å². The molecule has 112 valence electrons. The van der Waals surface area contributed by atoms with E-state index in [0.29, 0.717) is 25.4 Å². The van der Waals surface area contributed by atoms with Crippen LogP contribution >= 0.6 is 0 Å². The lowest BCUT2D eigenvalue weighted by Crippen LogP contribution is -2.32. The smallest absolute Gasteiger partial charge is 0.233 e. The van der Waals surface area contributed by atoms with E-state index < -0.39 is 10.0 Å². The van der Waals surface area contributed by atoms with Gasteiger partial charge in [0, 0.05) is 26.7 Å². The second-order valence-electron chi connectivity index (χ2n) is 4.91. The minimum atomic E-state index is -3.13. The van der Waals surface area contributed by atoms with Gasteiger partial charge in [-0.2, -0.15) is 4.31 Å². The molecule has 0 spiro atoms. The number of hydrogen-bond donors (Lipinski definition) is 0. The third-order valence-corrected chi connectivity index (χ3v) is 5.09. The molecule has 7 nitrogen and oxygen atoms in total. The summed E-state index contributed by atoms with van der Waals surface area (Å²) in [7, 11) is 0.637. The van der Waals surface area contributed by atoms with Crippen LogP contribution in [0.15, 0.2) is 12.1 Å². The van der Waals surface area contributed by atoms with E-state index in [1.807, 2.05) is 25.1 Å². The van der Waals surface area contributed by atoms with Crippen molar-refractivity contribution in [3.63, 3.8) is 0 Å². The first-order chi connectivity index (χ1) is 9.42. The van der Waals surface area contributed by atoms with Crippen molar-refractivity contribution in [2.75, 3.05) is 37.8 Å². The lowest BCUT2D eigenvalue weighted by Gasteiger charge is -2.16. The topological polar surface area (TPSA) is 75.6 Å². The van der Waals surface area contributed by atoms with Crippen LogP contribution in [0, 0.1) is 0 Å². The van der Waals surface area contributed by atoms with E-state index in [9.17, 15) is 8.42 Å². The highest BCUT2D eigenvalue weighted by atomic mass is 32.2. The molecule has 2 heterocycles. The molecule has 2 rings (SSSR count). The minimum Gasteiger partial charge on any atom is -0.472 e. The summed E-state index contributed by atoms with van der Waals surface area (Å²) < 4.78 is 30.7. The number of hydrogen-bond acceptors (Lipinski definition) is 6. The third-order valence-electron chi connectivity index (χ3n) is 3.24. The first-order valence-electron chi connectivity index (χ1n) is 6.58. The summed E-state index contributed by atoms with van der Waals surface area (Å²) in [6.07, 6.45) is 0.520. The molecule has 1 saturated heterocycles. The summed E-state index contributed by atoms with van der Waals surface area (Å²) in [4.78, 5) is 1.85. The SMILES string of the molecule is CCS(=O)(=O)N1CCC(Oc2ccc(N(C)C)nn2)C1. The fraction of sp³-hybridized carbons (Fsp3) is 0.667. The zero-order valence-corrected chi connectivity index (χ0v) is 12.8. The van der Waals surface area contributed by atoms with E-state index in [1.54, 1.807) is 13.0 Å². The van der Waals surface area contributed by atoms with Crippen LogP contribution in [0.4, 0.5) is 5.82 Å². The maximum atomic E-state index is 11.8. The maximum Gasteiger partial charge on any atom is 0.233 e. The Balaban J connectivity index is 1.95. The molecule has 1 aliphatic heterocycles. The van der Waals surface area contributed by atoms with Crippen LogP contribution in [0.2, 0.25) is 0 Å². The zero-order valence-electron chi connectivity index (χ0n) is 12.0. The fourth-order valence-electron chi connectivity index (χ4n) is 2.01. The minimum absolute atomic E-state index is 0.122. The van der Waals surface area contributed by atoms with Crippen molar-refractivity contribution < 1.29 is 13.2 Å². The molecule has 0 aliphatic carbocycles. The average Bonchev–Trinajstić information content (AvgIpc) is 2.88. The number of rotatable bonds is 5. The summed E-state index contributed by atoms with van der Waals surface area (Å²) in [6, 6.07) is 3.57. The molecule has 1 aromatic heterocycles. The molecule has 0 amide bonds. The zero-order chi connectivity index (χ0) is 14.8. The third kappa shape index (κ3) is 3.37. The Morgan fingerprint density at radius 1 is 1.40 bits per heavy atom. The molecule has 20 heavy (non-hydrogen) atoms. The Hall–Kier alpha value is -1.41. The van der Waals surface area contributed by atoms with E-state index in [-0.39, 0.29) is 11.9 Å². The fourth-order valence-corrected chi connectivity index (χ4v) is 3.16. The Kier molecular flexibility index (Phi) is 4.44. The van der Waals surface area contributed by atoms with Crippen molar-refractivity contribution in [1.29, 1.82) is 0 Å². The van der Waals surface area contributed by atoms with Crippen LogP contribution in [0.5, 0.6) is 5.88 Å². The molecule has 1 fully saturated rings. The van der Waals surface area contributed by atoms with Gasteiger partial charge in [-0.15, -0.1) is 10.2 Å². The number of aromatic nitrogens is 2. The van der Waals surface area contributed by atoms with Crippen LogP contribution in [0.25, 0.3) is 0 Å². The summed E-state index contributed by atoms with van der Waals surface area (Å²) in [5.41, 5.74) is 0. The van der Waals surface area contributed by atoms with Gasteiger partial charge in [-0.05, 0) is 19.4 Å². The molecule has 0 bridgehead atoms. The van der Waals surface area contributed by atoms with Crippen LogP contribution < -0.4 is 9.64 Å². The highest BCUT2D eigenvalue weighted by molar-refractivity contribution is 7.89. The van der Waals surface area contributed by atoms with E-state index in [1.165, 1.54) is 4.31 Å². The van der Waals surface area contributed by atoms with Crippen LogP contribution in [0.3, 0.4) is 0 Å². The van der Waals surface area contributed by atoms with Gasteiger partial charge in [0.05, 0.1) is 12.3 Å². The molecule has 1 aromatic rings. The van der Waals surface area contributed by atoms with Crippen LogP contribution in [0.1, 0.15) is 13.3 Å².